The van der Waals surface area contributed by atoms with Crippen molar-refractivity contribution in [2.45, 2.75) is 13.8 Å². The van der Waals surface area contributed by atoms with Crippen LogP contribution in [0.4, 0.5) is 10.5 Å². The minimum Gasteiger partial charge on any atom is -0.314 e. The number of carbonyl (C=O) groups excluding carboxylic acids is 1. The van der Waals surface area contributed by atoms with Crippen molar-refractivity contribution >= 4 is 29.4 Å². The number of rotatable bonds is 4. The zero-order chi connectivity index (χ0) is 15.9. The van der Waals surface area contributed by atoms with Crippen molar-refractivity contribution in [2.75, 3.05) is 11.4 Å². The van der Waals surface area contributed by atoms with E-state index in [9.17, 15) is 4.79 Å². The normalized spacial score (nSPS) is 10.7. The third kappa shape index (κ3) is 4.12. The molecule has 4 heteroatoms. The Bertz CT molecular complexity index is 682. The van der Waals surface area contributed by atoms with E-state index >= 15 is 0 Å². The van der Waals surface area contributed by atoms with Gasteiger partial charge in [-0.1, -0.05) is 41.9 Å². The van der Waals surface area contributed by atoms with E-state index in [4.69, 9.17) is 11.6 Å². The standard InChI is InChI=1S/C18H19ClN2O/c1-3-21(16-9-6-7-14(2)13-16)18(22)20-12-11-15-8-4-5-10-17(15)19/h4-13H,3H2,1-2H3,(H,20,22)/b12-11+. The third-order valence-electron chi connectivity index (χ3n) is 3.25. The van der Waals surface area contributed by atoms with Gasteiger partial charge < -0.3 is 5.32 Å². The summed E-state index contributed by atoms with van der Waals surface area (Å²) in [6, 6.07) is 15.2. The number of amides is 2. The minimum atomic E-state index is -0.170. The molecule has 2 aromatic rings. The van der Waals surface area contributed by atoms with Gasteiger partial charge in [0.2, 0.25) is 0 Å². The molecule has 0 unspecified atom stereocenters. The fourth-order valence-corrected chi connectivity index (χ4v) is 2.33. The van der Waals surface area contributed by atoms with Gasteiger partial charge in [0.05, 0.1) is 0 Å². The molecule has 0 aliphatic carbocycles. The molecule has 2 rings (SSSR count). The van der Waals surface area contributed by atoms with Gasteiger partial charge in [0.15, 0.2) is 0 Å². The van der Waals surface area contributed by atoms with Crippen LogP contribution < -0.4 is 10.2 Å². The molecule has 0 atom stereocenters. The topological polar surface area (TPSA) is 32.3 Å². The van der Waals surface area contributed by atoms with Gasteiger partial charge >= 0.3 is 6.03 Å². The second-order valence-corrected chi connectivity index (χ2v) is 5.29. The summed E-state index contributed by atoms with van der Waals surface area (Å²) < 4.78 is 0. The van der Waals surface area contributed by atoms with Crippen molar-refractivity contribution in [3.8, 4) is 0 Å². The second-order valence-electron chi connectivity index (χ2n) is 4.89. The van der Waals surface area contributed by atoms with E-state index in [0.29, 0.717) is 11.6 Å². The molecule has 0 fully saturated rings. The number of urea groups is 1. The lowest BCUT2D eigenvalue weighted by Gasteiger charge is -2.20. The Kier molecular flexibility index (Phi) is 5.61. The Morgan fingerprint density at radius 3 is 2.68 bits per heavy atom. The molecule has 1 N–H and O–H groups in total. The highest BCUT2D eigenvalue weighted by Crippen LogP contribution is 2.17. The predicted octanol–water partition coefficient (Wildman–Crippen LogP) is 4.86. The van der Waals surface area contributed by atoms with E-state index < -0.39 is 0 Å². The zero-order valence-electron chi connectivity index (χ0n) is 12.7. The SMILES string of the molecule is CCN(C(=O)N/C=C/c1ccccc1Cl)c1cccc(C)c1. The van der Waals surface area contributed by atoms with Crippen LogP contribution in [0.15, 0.2) is 54.7 Å². The Morgan fingerprint density at radius 1 is 1.23 bits per heavy atom. The quantitative estimate of drug-likeness (QED) is 0.859. The van der Waals surface area contributed by atoms with Crippen molar-refractivity contribution in [2.24, 2.45) is 0 Å². The fraction of sp³-hybridized carbons (Fsp3) is 0.167. The van der Waals surface area contributed by atoms with E-state index in [1.54, 1.807) is 17.2 Å². The Hall–Kier alpha value is -2.26. The smallest absolute Gasteiger partial charge is 0.314 e. The summed E-state index contributed by atoms with van der Waals surface area (Å²) in [6.45, 7) is 4.54. The van der Waals surface area contributed by atoms with Crippen LogP contribution in [0.1, 0.15) is 18.1 Å². The van der Waals surface area contributed by atoms with Gasteiger partial charge in [-0.05, 0) is 49.2 Å². The summed E-state index contributed by atoms with van der Waals surface area (Å²) >= 11 is 6.07. The monoisotopic (exact) mass is 314 g/mol. The van der Waals surface area contributed by atoms with Gasteiger partial charge in [0.25, 0.3) is 0 Å². The summed E-state index contributed by atoms with van der Waals surface area (Å²) in [4.78, 5) is 14.0. The van der Waals surface area contributed by atoms with Crippen LogP contribution >= 0.6 is 11.6 Å². The first-order valence-electron chi connectivity index (χ1n) is 7.17. The van der Waals surface area contributed by atoms with E-state index in [0.717, 1.165) is 16.8 Å². The first-order valence-corrected chi connectivity index (χ1v) is 7.55. The number of hydrogen-bond donors (Lipinski definition) is 1. The lowest BCUT2D eigenvalue weighted by molar-refractivity contribution is 0.249. The van der Waals surface area contributed by atoms with Crippen molar-refractivity contribution in [3.63, 3.8) is 0 Å². The lowest BCUT2D eigenvalue weighted by atomic mass is 10.2. The van der Waals surface area contributed by atoms with Crippen LogP contribution in [0.2, 0.25) is 5.02 Å². The zero-order valence-corrected chi connectivity index (χ0v) is 13.5. The fourth-order valence-electron chi connectivity index (χ4n) is 2.13. The van der Waals surface area contributed by atoms with Crippen LogP contribution in [0.3, 0.4) is 0 Å². The molecule has 0 heterocycles. The van der Waals surface area contributed by atoms with E-state index in [1.165, 1.54) is 0 Å². The molecule has 0 radical (unpaired) electrons. The molecule has 0 aliphatic rings. The van der Waals surface area contributed by atoms with Crippen LogP contribution in [-0.4, -0.2) is 12.6 Å². The maximum absolute atomic E-state index is 12.3. The van der Waals surface area contributed by atoms with Crippen molar-refractivity contribution < 1.29 is 4.79 Å². The van der Waals surface area contributed by atoms with Gasteiger partial charge in [-0.15, -0.1) is 0 Å². The van der Waals surface area contributed by atoms with Gasteiger partial charge in [-0.3, -0.25) is 4.90 Å². The summed E-state index contributed by atoms with van der Waals surface area (Å²) in [5, 5.41) is 3.43. The predicted molar refractivity (Wildman–Crippen MR) is 93.2 cm³/mol. The molecule has 0 bridgehead atoms. The minimum absolute atomic E-state index is 0.170. The average molecular weight is 315 g/mol. The highest BCUT2D eigenvalue weighted by atomic mass is 35.5. The Labute approximate surface area is 136 Å². The Morgan fingerprint density at radius 2 is 2.00 bits per heavy atom. The molecule has 3 nitrogen and oxygen atoms in total. The summed E-state index contributed by atoms with van der Waals surface area (Å²) in [5.74, 6) is 0. The molecule has 2 amide bonds. The van der Waals surface area contributed by atoms with Crippen LogP contribution in [0.5, 0.6) is 0 Å². The number of hydrogen-bond acceptors (Lipinski definition) is 1. The number of aryl methyl sites for hydroxylation is 1. The molecule has 2 aromatic carbocycles. The third-order valence-corrected chi connectivity index (χ3v) is 3.59. The van der Waals surface area contributed by atoms with E-state index in [-0.39, 0.29) is 6.03 Å². The number of benzene rings is 2. The van der Waals surface area contributed by atoms with Gasteiger partial charge in [-0.25, -0.2) is 4.79 Å². The van der Waals surface area contributed by atoms with Crippen molar-refractivity contribution in [1.29, 1.82) is 0 Å². The summed E-state index contributed by atoms with van der Waals surface area (Å²) in [5.41, 5.74) is 2.87. The molecular weight excluding hydrogens is 296 g/mol. The first-order chi connectivity index (χ1) is 10.6. The average Bonchev–Trinajstić information content (AvgIpc) is 2.50. The van der Waals surface area contributed by atoms with Crippen molar-refractivity contribution in [1.82, 2.24) is 5.32 Å². The molecule has 0 aliphatic heterocycles. The number of anilines is 1. The summed E-state index contributed by atoms with van der Waals surface area (Å²) in [6.07, 6.45) is 3.40. The molecule has 0 saturated heterocycles. The molecular formula is C18H19ClN2O. The van der Waals surface area contributed by atoms with Crippen LogP contribution in [-0.2, 0) is 0 Å². The molecule has 0 spiro atoms. The highest BCUT2D eigenvalue weighted by molar-refractivity contribution is 6.32. The first kappa shape index (κ1) is 16.1. The number of halogens is 1. The largest absolute Gasteiger partial charge is 0.325 e. The maximum Gasteiger partial charge on any atom is 0.325 e. The molecule has 114 valence electrons. The van der Waals surface area contributed by atoms with Crippen LogP contribution in [0.25, 0.3) is 6.08 Å². The van der Waals surface area contributed by atoms with Crippen LogP contribution in [0, 0.1) is 6.92 Å². The van der Waals surface area contributed by atoms with Gasteiger partial charge in [0.1, 0.15) is 0 Å². The lowest BCUT2D eigenvalue weighted by Crippen LogP contribution is -2.37. The maximum atomic E-state index is 12.3. The number of carbonyl (C=O) groups is 1. The Balaban J connectivity index is 2.06. The highest BCUT2D eigenvalue weighted by Gasteiger charge is 2.12. The number of nitrogens with zero attached hydrogens (tertiary/aromatic N) is 1. The van der Waals surface area contributed by atoms with E-state index in [2.05, 4.69) is 5.32 Å². The van der Waals surface area contributed by atoms with Crippen molar-refractivity contribution in [3.05, 3.63) is 70.9 Å². The summed E-state index contributed by atoms with van der Waals surface area (Å²) in [7, 11) is 0. The second kappa shape index (κ2) is 7.66. The van der Waals surface area contributed by atoms with E-state index in [1.807, 2.05) is 62.4 Å². The van der Waals surface area contributed by atoms with Gasteiger partial charge in [0, 0.05) is 23.5 Å². The molecule has 0 aromatic heterocycles. The molecule has 0 saturated carbocycles. The molecule has 22 heavy (non-hydrogen) atoms. The van der Waals surface area contributed by atoms with Gasteiger partial charge in [-0.2, -0.15) is 0 Å². The number of nitrogens with one attached hydrogen (secondary N) is 1.